The zero-order valence-corrected chi connectivity index (χ0v) is 12.5. The van der Waals surface area contributed by atoms with Gasteiger partial charge in [-0.25, -0.2) is 0 Å². The van der Waals surface area contributed by atoms with Crippen LogP contribution in [-0.4, -0.2) is 0 Å². The molecule has 0 amide bonds. The third-order valence-electron chi connectivity index (χ3n) is 3.47. The lowest BCUT2D eigenvalue weighted by atomic mass is 10.0. The standard InChI is InChI=1S/C17H20ClN/c1-4-14-7-5-6-12(2)17(14)19-13(3)15-8-10-16(18)11-9-15/h5-11,13,19H,4H2,1-3H3. The number of benzene rings is 2. The number of hydrogen-bond acceptors (Lipinski definition) is 1. The molecule has 0 spiro atoms. The summed E-state index contributed by atoms with van der Waals surface area (Å²) in [5.41, 5.74) is 5.16. The number of aryl methyl sites for hydroxylation is 2. The Morgan fingerprint density at radius 1 is 1.11 bits per heavy atom. The maximum Gasteiger partial charge on any atom is 0.0485 e. The lowest BCUT2D eigenvalue weighted by Gasteiger charge is -2.20. The molecular weight excluding hydrogens is 254 g/mol. The summed E-state index contributed by atoms with van der Waals surface area (Å²) in [4.78, 5) is 0. The molecule has 2 aromatic rings. The molecule has 2 rings (SSSR count). The van der Waals surface area contributed by atoms with E-state index in [1.807, 2.05) is 12.1 Å². The summed E-state index contributed by atoms with van der Waals surface area (Å²) in [5, 5.41) is 4.40. The number of nitrogens with one attached hydrogen (secondary N) is 1. The fourth-order valence-electron chi connectivity index (χ4n) is 2.28. The molecule has 0 aliphatic rings. The molecule has 0 saturated carbocycles. The van der Waals surface area contributed by atoms with Crippen molar-refractivity contribution in [2.24, 2.45) is 0 Å². The highest BCUT2D eigenvalue weighted by atomic mass is 35.5. The highest BCUT2D eigenvalue weighted by Crippen LogP contribution is 2.26. The van der Waals surface area contributed by atoms with Crippen LogP contribution in [0.5, 0.6) is 0 Å². The molecule has 19 heavy (non-hydrogen) atoms. The van der Waals surface area contributed by atoms with E-state index in [2.05, 4.69) is 56.4 Å². The van der Waals surface area contributed by atoms with Crippen LogP contribution < -0.4 is 5.32 Å². The summed E-state index contributed by atoms with van der Waals surface area (Å²) in [6.07, 6.45) is 1.04. The normalized spacial score (nSPS) is 12.2. The van der Waals surface area contributed by atoms with E-state index < -0.39 is 0 Å². The highest BCUT2D eigenvalue weighted by Gasteiger charge is 2.09. The van der Waals surface area contributed by atoms with E-state index in [0.717, 1.165) is 11.4 Å². The lowest BCUT2D eigenvalue weighted by Crippen LogP contribution is -2.09. The minimum atomic E-state index is 0.267. The SMILES string of the molecule is CCc1cccc(C)c1NC(C)c1ccc(Cl)cc1. The van der Waals surface area contributed by atoms with Gasteiger partial charge in [0.05, 0.1) is 0 Å². The van der Waals surface area contributed by atoms with Crippen molar-refractivity contribution in [2.75, 3.05) is 5.32 Å². The van der Waals surface area contributed by atoms with Crippen molar-refractivity contribution in [3.63, 3.8) is 0 Å². The van der Waals surface area contributed by atoms with E-state index in [9.17, 15) is 0 Å². The van der Waals surface area contributed by atoms with Gasteiger partial charge in [0.2, 0.25) is 0 Å². The van der Waals surface area contributed by atoms with Crippen LogP contribution in [-0.2, 0) is 6.42 Å². The molecule has 0 bridgehead atoms. The van der Waals surface area contributed by atoms with Crippen molar-refractivity contribution in [2.45, 2.75) is 33.2 Å². The van der Waals surface area contributed by atoms with Gasteiger partial charge in [0.1, 0.15) is 0 Å². The second kappa shape index (κ2) is 6.12. The molecule has 0 fully saturated rings. The van der Waals surface area contributed by atoms with Crippen LogP contribution in [0, 0.1) is 6.92 Å². The summed E-state index contributed by atoms with van der Waals surface area (Å²) in [5.74, 6) is 0. The Balaban J connectivity index is 2.23. The third kappa shape index (κ3) is 3.30. The van der Waals surface area contributed by atoms with E-state index in [4.69, 9.17) is 11.6 Å². The summed E-state index contributed by atoms with van der Waals surface area (Å²) in [7, 11) is 0. The molecule has 0 saturated heterocycles. The highest BCUT2D eigenvalue weighted by molar-refractivity contribution is 6.30. The fraction of sp³-hybridized carbons (Fsp3) is 0.294. The Hall–Kier alpha value is -1.47. The third-order valence-corrected chi connectivity index (χ3v) is 3.72. The molecule has 2 heteroatoms. The minimum absolute atomic E-state index is 0.267. The Morgan fingerprint density at radius 2 is 1.79 bits per heavy atom. The predicted octanol–water partition coefficient (Wildman–Crippen LogP) is 5.38. The maximum atomic E-state index is 5.93. The molecule has 1 N–H and O–H groups in total. The quantitative estimate of drug-likeness (QED) is 0.788. The largest absolute Gasteiger partial charge is 0.378 e. The summed E-state index contributed by atoms with van der Waals surface area (Å²) in [6.45, 7) is 6.51. The first-order valence-electron chi connectivity index (χ1n) is 6.72. The van der Waals surface area contributed by atoms with Crippen LogP contribution in [0.3, 0.4) is 0 Å². The van der Waals surface area contributed by atoms with Gasteiger partial charge in [0.15, 0.2) is 0 Å². The smallest absolute Gasteiger partial charge is 0.0485 e. The fourth-order valence-corrected chi connectivity index (χ4v) is 2.41. The first kappa shape index (κ1) is 14.0. The van der Waals surface area contributed by atoms with Crippen LogP contribution in [0.2, 0.25) is 5.02 Å². The topological polar surface area (TPSA) is 12.0 Å². The Morgan fingerprint density at radius 3 is 2.42 bits per heavy atom. The molecule has 1 unspecified atom stereocenters. The Kier molecular flexibility index (Phi) is 4.49. The number of hydrogen-bond donors (Lipinski definition) is 1. The number of anilines is 1. The van der Waals surface area contributed by atoms with Gasteiger partial charge in [0, 0.05) is 16.8 Å². The van der Waals surface area contributed by atoms with Crippen molar-refractivity contribution in [3.05, 3.63) is 64.2 Å². The lowest BCUT2D eigenvalue weighted by molar-refractivity contribution is 0.877. The number of halogens is 1. The first-order chi connectivity index (χ1) is 9.11. The summed E-state index contributed by atoms with van der Waals surface area (Å²) < 4.78 is 0. The molecule has 0 aromatic heterocycles. The summed E-state index contributed by atoms with van der Waals surface area (Å²) in [6, 6.07) is 14.7. The second-order valence-electron chi connectivity index (χ2n) is 4.88. The van der Waals surface area contributed by atoms with Gasteiger partial charge >= 0.3 is 0 Å². The van der Waals surface area contributed by atoms with Crippen LogP contribution in [0.15, 0.2) is 42.5 Å². The van der Waals surface area contributed by atoms with Crippen LogP contribution in [0.25, 0.3) is 0 Å². The zero-order chi connectivity index (χ0) is 13.8. The molecule has 0 heterocycles. The van der Waals surface area contributed by atoms with E-state index in [-0.39, 0.29) is 6.04 Å². The first-order valence-corrected chi connectivity index (χ1v) is 7.10. The van der Waals surface area contributed by atoms with E-state index in [1.54, 1.807) is 0 Å². The molecule has 2 aromatic carbocycles. The van der Waals surface area contributed by atoms with Crippen molar-refractivity contribution >= 4 is 17.3 Å². The number of rotatable bonds is 4. The minimum Gasteiger partial charge on any atom is -0.378 e. The number of para-hydroxylation sites is 1. The van der Waals surface area contributed by atoms with Crippen LogP contribution in [0.1, 0.15) is 36.6 Å². The van der Waals surface area contributed by atoms with Crippen LogP contribution in [0.4, 0.5) is 5.69 Å². The van der Waals surface area contributed by atoms with Gasteiger partial charge in [-0.3, -0.25) is 0 Å². The van der Waals surface area contributed by atoms with Gasteiger partial charge < -0.3 is 5.32 Å². The molecular formula is C17H20ClN. The van der Waals surface area contributed by atoms with Gasteiger partial charge in [-0.15, -0.1) is 0 Å². The molecule has 0 aliphatic carbocycles. The molecule has 1 atom stereocenters. The molecule has 1 nitrogen and oxygen atoms in total. The predicted molar refractivity (Wildman–Crippen MR) is 84.0 cm³/mol. The molecule has 0 radical (unpaired) electrons. The maximum absolute atomic E-state index is 5.93. The monoisotopic (exact) mass is 273 g/mol. The Labute approximate surface area is 120 Å². The zero-order valence-electron chi connectivity index (χ0n) is 11.7. The van der Waals surface area contributed by atoms with Crippen molar-refractivity contribution < 1.29 is 0 Å². The van der Waals surface area contributed by atoms with E-state index >= 15 is 0 Å². The average Bonchev–Trinajstić information content (AvgIpc) is 2.41. The van der Waals surface area contributed by atoms with Crippen molar-refractivity contribution in [3.8, 4) is 0 Å². The summed E-state index contributed by atoms with van der Waals surface area (Å²) >= 11 is 5.93. The van der Waals surface area contributed by atoms with E-state index in [1.165, 1.54) is 22.4 Å². The van der Waals surface area contributed by atoms with E-state index in [0.29, 0.717) is 0 Å². The molecule has 100 valence electrons. The van der Waals surface area contributed by atoms with Gasteiger partial charge in [-0.05, 0) is 49.1 Å². The van der Waals surface area contributed by atoms with Crippen molar-refractivity contribution in [1.82, 2.24) is 0 Å². The average molecular weight is 274 g/mol. The van der Waals surface area contributed by atoms with Crippen molar-refractivity contribution in [1.29, 1.82) is 0 Å². The van der Waals surface area contributed by atoms with Gasteiger partial charge in [0.25, 0.3) is 0 Å². The Bertz CT molecular complexity index is 546. The van der Waals surface area contributed by atoms with Gasteiger partial charge in [-0.2, -0.15) is 0 Å². The second-order valence-corrected chi connectivity index (χ2v) is 5.32. The van der Waals surface area contributed by atoms with Crippen LogP contribution >= 0.6 is 11.6 Å². The van der Waals surface area contributed by atoms with Gasteiger partial charge in [-0.1, -0.05) is 48.9 Å². The molecule has 0 aliphatic heterocycles.